The second-order valence-corrected chi connectivity index (χ2v) is 4.13. The first-order valence-electron chi connectivity index (χ1n) is 4.23. The van der Waals surface area contributed by atoms with E-state index >= 15 is 0 Å². The minimum atomic E-state index is 0.356. The van der Waals surface area contributed by atoms with Crippen molar-refractivity contribution in [2.45, 2.75) is 37.6 Å². The number of fused-ring (bicyclic) bond motifs is 1. The van der Waals surface area contributed by atoms with Crippen molar-refractivity contribution in [1.29, 1.82) is 0 Å². The third-order valence-corrected chi connectivity index (χ3v) is 3.41. The molecule has 1 aliphatic carbocycles. The fourth-order valence-corrected chi connectivity index (χ4v) is 2.30. The van der Waals surface area contributed by atoms with Crippen molar-refractivity contribution in [3.8, 4) is 0 Å². The Bertz CT molecular complexity index is 140. The largest absolute Gasteiger partial charge is 0.373 e. The third kappa shape index (κ3) is 1.70. The Balaban J connectivity index is 1.91. The molecule has 64 valence electrons. The van der Waals surface area contributed by atoms with Crippen molar-refractivity contribution < 1.29 is 9.47 Å². The smallest absolute Gasteiger partial charge is 0.0902 e. The molecule has 0 aromatic heterocycles. The summed E-state index contributed by atoms with van der Waals surface area (Å²) in [6.07, 6.45) is 4.90. The van der Waals surface area contributed by atoms with Crippen LogP contribution in [0.25, 0.3) is 0 Å². The lowest BCUT2D eigenvalue weighted by Gasteiger charge is -2.31. The summed E-state index contributed by atoms with van der Waals surface area (Å²) in [5, 5.41) is 0. The van der Waals surface area contributed by atoms with Gasteiger partial charge in [0.05, 0.1) is 24.9 Å². The molecule has 1 saturated carbocycles. The van der Waals surface area contributed by atoms with Gasteiger partial charge < -0.3 is 9.47 Å². The summed E-state index contributed by atoms with van der Waals surface area (Å²) in [4.78, 5) is 0. The standard InChI is InChI=1S/C8H13IO2/c9-4-6-5-10-7-2-1-3-8(7)11-6/h6-8H,1-5H2. The number of alkyl halides is 1. The number of hydrogen-bond donors (Lipinski definition) is 0. The Morgan fingerprint density at radius 2 is 2.09 bits per heavy atom. The van der Waals surface area contributed by atoms with Gasteiger partial charge in [-0.1, -0.05) is 22.6 Å². The average Bonchev–Trinajstić information content (AvgIpc) is 2.50. The van der Waals surface area contributed by atoms with Crippen LogP contribution < -0.4 is 0 Å². The van der Waals surface area contributed by atoms with E-state index in [2.05, 4.69) is 22.6 Å². The van der Waals surface area contributed by atoms with Crippen LogP contribution in [0.4, 0.5) is 0 Å². The molecule has 2 aliphatic rings. The van der Waals surface area contributed by atoms with Gasteiger partial charge in [0.2, 0.25) is 0 Å². The van der Waals surface area contributed by atoms with Crippen molar-refractivity contribution in [3.05, 3.63) is 0 Å². The highest BCUT2D eigenvalue weighted by atomic mass is 127. The van der Waals surface area contributed by atoms with Crippen LogP contribution in [-0.4, -0.2) is 29.3 Å². The second kappa shape index (κ2) is 3.58. The molecular formula is C8H13IO2. The minimum absolute atomic E-state index is 0.356. The van der Waals surface area contributed by atoms with Crippen LogP contribution in [0.1, 0.15) is 19.3 Å². The Morgan fingerprint density at radius 1 is 1.27 bits per heavy atom. The lowest BCUT2D eigenvalue weighted by molar-refractivity contribution is -0.158. The van der Waals surface area contributed by atoms with Crippen LogP contribution in [0.5, 0.6) is 0 Å². The number of ether oxygens (including phenoxy) is 2. The number of rotatable bonds is 1. The Hall–Kier alpha value is 0.650. The molecule has 3 heteroatoms. The summed E-state index contributed by atoms with van der Waals surface area (Å²) in [6.45, 7) is 0.810. The van der Waals surface area contributed by atoms with E-state index in [1.807, 2.05) is 0 Å². The van der Waals surface area contributed by atoms with E-state index in [-0.39, 0.29) is 0 Å². The van der Waals surface area contributed by atoms with E-state index in [4.69, 9.17) is 9.47 Å². The predicted molar refractivity (Wildman–Crippen MR) is 51.1 cm³/mol. The van der Waals surface area contributed by atoms with Gasteiger partial charge in [-0.15, -0.1) is 0 Å². The minimum Gasteiger partial charge on any atom is -0.373 e. The van der Waals surface area contributed by atoms with Gasteiger partial charge in [-0.05, 0) is 19.3 Å². The topological polar surface area (TPSA) is 18.5 Å². The van der Waals surface area contributed by atoms with Crippen molar-refractivity contribution in [2.24, 2.45) is 0 Å². The van der Waals surface area contributed by atoms with Gasteiger partial charge in [0.15, 0.2) is 0 Å². The van der Waals surface area contributed by atoms with E-state index in [9.17, 15) is 0 Å². The van der Waals surface area contributed by atoms with E-state index in [0.29, 0.717) is 18.3 Å². The predicted octanol–water partition coefficient (Wildman–Crippen LogP) is 1.76. The summed E-state index contributed by atoms with van der Waals surface area (Å²) in [7, 11) is 0. The first-order valence-corrected chi connectivity index (χ1v) is 5.75. The summed E-state index contributed by atoms with van der Waals surface area (Å²) in [6, 6.07) is 0. The third-order valence-electron chi connectivity index (χ3n) is 2.43. The molecule has 0 N–H and O–H groups in total. The van der Waals surface area contributed by atoms with Crippen molar-refractivity contribution >= 4 is 22.6 Å². The van der Waals surface area contributed by atoms with E-state index < -0.39 is 0 Å². The first kappa shape index (κ1) is 8.26. The maximum atomic E-state index is 5.83. The molecule has 0 spiro atoms. The highest BCUT2D eigenvalue weighted by Crippen LogP contribution is 2.29. The molecule has 11 heavy (non-hydrogen) atoms. The molecule has 3 unspecified atom stereocenters. The highest BCUT2D eigenvalue weighted by molar-refractivity contribution is 14.1. The molecule has 3 atom stereocenters. The van der Waals surface area contributed by atoms with E-state index in [1.54, 1.807) is 0 Å². The van der Waals surface area contributed by atoms with Gasteiger partial charge >= 0.3 is 0 Å². The number of hydrogen-bond acceptors (Lipinski definition) is 2. The molecule has 1 heterocycles. The molecule has 2 rings (SSSR count). The van der Waals surface area contributed by atoms with E-state index in [0.717, 1.165) is 11.0 Å². The first-order chi connectivity index (χ1) is 5.40. The maximum Gasteiger partial charge on any atom is 0.0902 e. The van der Waals surface area contributed by atoms with Gasteiger partial charge in [0.25, 0.3) is 0 Å². The monoisotopic (exact) mass is 268 g/mol. The molecule has 1 saturated heterocycles. The second-order valence-electron chi connectivity index (χ2n) is 3.25. The van der Waals surface area contributed by atoms with Crippen LogP contribution in [0.2, 0.25) is 0 Å². The number of halogens is 1. The molecule has 0 aromatic rings. The van der Waals surface area contributed by atoms with Crippen molar-refractivity contribution in [2.75, 3.05) is 11.0 Å². The lowest BCUT2D eigenvalue weighted by Crippen LogP contribution is -2.40. The van der Waals surface area contributed by atoms with Gasteiger partial charge in [-0.2, -0.15) is 0 Å². The summed E-state index contributed by atoms with van der Waals surface area (Å²) in [5.74, 6) is 0. The van der Waals surface area contributed by atoms with Crippen LogP contribution in [0.15, 0.2) is 0 Å². The highest BCUT2D eigenvalue weighted by Gasteiger charge is 2.34. The normalized spacial score (nSPS) is 43.9. The van der Waals surface area contributed by atoms with Crippen LogP contribution in [-0.2, 0) is 9.47 Å². The zero-order valence-corrected chi connectivity index (χ0v) is 8.62. The van der Waals surface area contributed by atoms with Crippen LogP contribution in [0.3, 0.4) is 0 Å². The summed E-state index contributed by atoms with van der Waals surface area (Å²) in [5.41, 5.74) is 0. The fourth-order valence-electron chi connectivity index (χ4n) is 1.84. The molecule has 0 radical (unpaired) electrons. The molecular weight excluding hydrogens is 255 g/mol. The van der Waals surface area contributed by atoms with Crippen molar-refractivity contribution in [3.63, 3.8) is 0 Å². The zero-order valence-electron chi connectivity index (χ0n) is 6.46. The molecule has 2 nitrogen and oxygen atoms in total. The average molecular weight is 268 g/mol. The summed E-state index contributed by atoms with van der Waals surface area (Å²) < 4.78 is 12.6. The summed E-state index contributed by atoms with van der Waals surface area (Å²) >= 11 is 2.36. The Morgan fingerprint density at radius 3 is 2.91 bits per heavy atom. The Labute approximate surface area is 80.8 Å². The lowest BCUT2D eigenvalue weighted by atomic mass is 10.2. The van der Waals surface area contributed by atoms with Crippen molar-refractivity contribution in [1.82, 2.24) is 0 Å². The van der Waals surface area contributed by atoms with Gasteiger partial charge in [-0.25, -0.2) is 0 Å². The van der Waals surface area contributed by atoms with Gasteiger partial charge in [0, 0.05) is 4.43 Å². The molecule has 0 aromatic carbocycles. The van der Waals surface area contributed by atoms with Gasteiger partial charge in [0.1, 0.15) is 0 Å². The maximum absolute atomic E-state index is 5.83. The van der Waals surface area contributed by atoms with Crippen LogP contribution in [0, 0.1) is 0 Å². The van der Waals surface area contributed by atoms with E-state index in [1.165, 1.54) is 19.3 Å². The van der Waals surface area contributed by atoms with Gasteiger partial charge in [-0.3, -0.25) is 0 Å². The molecule has 0 bridgehead atoms. The molecule has 1 aliphatic heterocycles. The Kier molecular flexibility index (Phi) is 2.69. The quantitative estimate of drug-likeness (QED) is 0.533. The SMILES string of the molecule is ICC1COC2CCCC2O1. The zero-order chi connectivity index (χ0) is 7.68. The molecule has 2 fully saturated rings. The van der Waals surface area contributed by atoms with Crippen LogP contribution >= 0.6 is 22.6 Å². The molecule has 0 amide bonds. The fraction of sp³-hybridized carbons (Fsp3) is 1.00.